The molecule has 0 fully saturated rings. The zero-order valence-corrected chi connectivity index (χ0v) is 28.3. The Kier molecular flexibility index (Phi) is 16.0. The van der Waals surface area contributed by atoms with Crippen molar-refractivity contribution in [3.8, 4) is 11.5 Å². The van der Waals surface area contributed by atoms with Gasteiger partial charge in [-0.2, -0.15) is 8.42 Å². The standard InChI is InChI=1S/C19H26O.C12H12O3S.C7H8O.CH2O/c1-2-3-4-5-6-7-8-13-18-17-12-10-9-11-16(17)14-15-19(18)20;1-8-7-10-5-3-4-6-11(10)12(9(8)2)16(13,14)15;1-6-2-4-7(8)5-3-6;1-2/h9-12,14-15,20H,2-8,13H2,1H3;3-7H,1-2H3,(H,13,14,15);2-5,8H,1H3;1H2. The van der Waals surface area contributed by atoms with Gasteiger partial charge in [0.15, 0.2) is 0 Å². The highest BCUT2D eigenvalue weighted by molar-refractivity contribution is 7.86. The fourth-order valence-corrected chi connectivity index (χ4v) is 6.29. The predicted molar refractivity (Wildman–Crippen MR) is 191 cm³/mol. The lowest BCUT2D eigenvalue weighted by Gasteiger charge is -2.10. The van der Waals surface area contributed by atoms with Gasteiger partial charge in [0.05, 0.1) is 0 Å². The number of hydrogen-bond donors (Lipinski definition) is 3. The Bertz CT molecular complexity index is 1740. The van der Waals surface area contributed by atoms with Crippen molar-refractivity contribution in [2.24, 2.45) is 0 Å². The molecule has 246 valence electrons. The van der Waals surface area contributed by atoms with Gasteiger partial charge in [0.2, 0.25) is 0 Å². The SMILES string of the molecule is C=O.CCCCCCCCCc1c(O)ccc2ccccc12.Cc1cc2ccccc2c(S(=O)(=O)O)c1C.Cc1ccc(O)cc1. The second-order valence-electron chi connectivity index (χ2n) is 11.3. The van der Waals surface area contributed by atoms with Crippen LogP contribution in [0, 0.1) is 20.8 Å². The molecule has 0 aliphatic rings. The normalized spacial score (nSPS) is 10.6. The minimum atomic E-state index is -4.18. The average molecular weight is 645 g/mol. The zero-order valence-electron chi connectivity index (χ0n) is 27.5. The number of carbonyl (C=O) groups is 1. The number of benzene rings is 5. The quantitative estimate of drug-likeness (QED) is 0.109. The van der Waals surface area contributed by atoms with Crippen molar-refractivity contribution < 1.29 is 28.0 Å². The Morgan fingerprint density at radius 3 is 1.78 bits per heavy atom. The van der Waals surface area contributed by atoms with Crippen molar-refractivity contribution in [2.75, 3.05) is 0 Å². The van der Waals surface area contributed by atoms with Crippen LogP contribution in [0.2, 0.25) is 0 Å². The second-order valence-corrected chi connectivity index (χ2v) is 12.7. The second kappa shape index (κ2) is 19.3. The van der Waals surface area contributed by atoms with Crippen LogP contribution in [-0.2, 0) is 21.3 Å². The molecule has 0 bridgehead atoms. The van der Waals surface area contributed by atoms with E-state index >= 15 is 0 Å². The molecule has 3 N–H and O–H groups in total. The third kappa shape index (κ3) is 11.6. The summed E-state index contributed by atoms with van der Waals surface area (Å²) in [6.45, 7) is 9.77. The van der Waals surface area contributed by atoms with Gasteiger partial charge in [-0.05, 0) is 79.1 Å². The Morgan fingerprint density at radius 1 is 0.652 bits per heavy atom. The van der Waals surface area contributed by atoms with Gasteiger partial charge in [-0.15, -0.1) is 0 Å². The molecule has 5 rings (SSSR count). The first-order chi connectivity index (χ1) is 22.0. The van der Waals surface area contributed by atoms with E-state index < -0.39 is 10.1 Å². The highest BCUT2D eigenvalue weighted by Gasteiger charge is 2.18. The summed E-state index contributed by atoms with van der Waals surface area (Å²) in [4.78, 5) is 8.02. The molecule has 5 aromatic carbocycles. The molecular weight excluding hydrogens is 596 g/mol. The summed E-state index contributed by atoms with van der Waals surface area (Å²) >= 11 is 0. The lowest BCUT2D eigenvalue weighted by molar-refractivity contribution is -0.0980. The maximum atomic E-state index is 11.4. The molecule has 46 heavy (non-hydrogen) atoms. The number of phenolic OH excluding ortho intramolecular Hbond substituents is 2. The molecule has 5 aromatic rings. The highest BCUT2D eigenvalue weighted by atomic mass is 32.2. The molecule has 0 unspecified atom stereocenters. The number of hydrogen-bond acceptors (Lipinski definition) is 5. The number of fused-ring (bicyclic) bond motifs is 2. The van der Waals surface area contributed by atoms with Gasteiger partial charge < -0.3 is 15.0 Å². The molecule has 0 saturated heterocycles. The summed E-state index contributed by atoms with van der Waals surface area (Å²) < 4.78 is 32.0. The molecule has 7 heteroatoms. The number of rotatable bonds is 9. The van der Waals surface area contributed by atoms with E-state index in [1.165, 1.54) is 61.3 Å². The maximum absolute atomic E-state index is 11.4. The van der Waals surface area contributed by atoms with Crippen LogP contribution in [-0.4, -0.2) is 30.0 Å². The average Bonchev–Trinajstić information content (AvgIpc) is 3.04. The first kappa shape index (κ1) is 38.0. The number of unbranched alkanes of at least 4 members (excludes halogenated alkanes) is 6. The minimum absolute atomic E-state index is 0.0168. The highest BCUT2D eigenvalue weighted by Crippen LogP contribution is 2.30. The van der Waals surface area contributed by atoms with Crippen molar-refractivity contribution in [3.63, 3.8) is 0 Å². The Morgan fingerprint density at radius 2 is 1.20 bits per heavy atom. The molecule has 0 saturated carbocycles. The summed E-state index contributed by atoms with van der Waals surface area (Å²) in [5.74, 6) is 0.783. The third-order valence-electron chi connectivity index (χ3n) is 7.85. The van der Waals surface area contributed by atoms with Crippen molar-refractivity contribution >= 4 is 38.5 Å². The molecule has 6 nitrogen and oxygen atoms in total. The Labute approximate surface area is 274 Å². The Balaban J connectivity index is 0.000000252. The lowest BCUT2D eigenvalue weighted by atomic mass is 9.98. The van der Waals surface area contributed by atoms with Crippen LogP contribution in [0.4, 0.5) is 0 Å². The molecule has 0 amide bonds. The lowest BCUT2D eigenvalue weighted by Crippen LogP contribution is -2.03. The van der Waals surface area contributed by atoms with Crippen molar-refractivity contribution in [1.29, 1.82) is 0 Å². The van der Waals surface area contributed by atoms with Crippen molar-refractivity contribution in [1.82, 2.24) is 0 Å². The van der Waals surface area contributed by atoms with Gasteiger partial charge in [-0.25, -0.2) is 0 Å². The predicted octanol–water partition coefficient (Wildman–Crippen LogP) is 10.1. The molecule has 0 atom stereocenters. The number of aromatic hydroxyl groups is 2. The van der Waals surface area contributed by atoms with E-state index in [-0.39, 0.29) is 4.90 Å². The van der Waals surface area contributed by atoms with E-state index in [1.54, 1.807) is 31.2 Å². The third-order valence-corrected chi connectivity index (χ3v) is 8.89. The first-order valence-electron chi connectivity index (χ1n) is 15.7. The summed E-state index contributed by atoms with van der Waals surface area (Å²) in [5, 5.41) is 22.7. The van der Waals surface area contributed by atoms with Crippen LogP contribution in [0.3, 0.4) is 0 Å². The van der Waals surface area contributed by atoms with Crippen LogP contribution < -0.4 is 0 Å². The van der Waals surface area contributed by atoms with Gasteiger partial charge >= 0.3 is 0 Å². The summed E-state index contributed by atoms with van der Waals surface area (Å²) in [6.07, 6.45) is 10.2. The van der Waals surface area contributed by atoms with E-state index in [4.69, 9.17) is 9.90 Å². The van der Waals surface area contributed by atoms with Gasteiger partial charge in [0, 0.05) is 10.9 Å². The fraction of sp³-hybridized carbons (Fsp3) is 0.308. The minimum Gasteiger partial charge on any atom is -0.508 e. The molecule has 0 aliphatic heterocycles. The molecule has 0 aliphatic carbocycles. The molecule has 0 aromatic heterocycles. The summed E-state index contributed by atoms with van der Waals surface area (Å²) in [5.41, 5.74) is 3.74. The fourth-order valence-electron chi connectivity index (χ4n) is 5.28. The van der Waals surface area contributed by atoms with Crippen LogP contribution >= 0.6 is 0 Å². The van der Waals surface area contributed by atoms with E-state index in [0.29, 0.717) is 22.4 Å². The van der Waals surface area contributed by atoms with Crippen LogP contribution in [0.5, 0.6) is 11.5 Å². The number of phenols is 2. The van der Waals surface area contributed by atoms with Gasteiger partial charge in [-0.3, -0.25) is 4.55 Å². The van der Waals surface area contributed by atoms with Crippen molar-refractivity contribution in [2.45, 2.75) is 84.0 Å². The molecule has 0 radical (unpaired) electrons. The smallest absolute Gasteiger partial charge is 0.295 e. The maximum Gasteiger partial charge on any atom is 0.295 e. The number of aryl methyl sites for hydroxylation is 3. The topological polar surface area (TPSA) is 112 Å². The summed E-state index contributed by atoms with van der Waals surface area (Å²) in [7, 11) is -4.18. The summed E-state index contributed by atoms with van der Waals surface area (Å²) in [6, 6.07) is 28.3. The van der Waals surface area contributed by atoms with Gasteiger partial charge in [0.1, 0.15) is 23.2 Å². The van der Waals surface area contributed by atoms with Crippen LogP contribution in [0.25, 0.3) is 21.5 Å². The molecular formula is C39H48O6S. The molecule has 0 spiro atoms. The van der Waals surface area contributed by atoms with Gasteiger partial charge in [0.25, 0.3) is 10.1 Å². The van der Waals surface area contributed by atoms with Crippen LogP contribution in [0.1, 0.15) is 74.1 Å². The Hall–Kier alpha value is -4.20. The van der Waals surface area contributed by atoms with Crippen LogP contribution in [0.15, 0.2) is 95.9 Å². The van der Waals surface area contributed by atoms with E-state index in [2.05, 4.69) is 31.2 Å². The van der Waals surface area contributed by atoms with E-state index in [0.717, 1.165) is 22.9 Å². The monoisotopic (exact) mass is 644 g/mol. The number of carbonyl (C=O) groups excluding carboxylic acids is 1. The van der Waals surface area contributed by atoms with E-state index in [9.17, 15) is 18.1 Å². The largest absolute Gasteiger partial charge is 0.508 e. The van der Waals surface area contributed by atoms with E-state index in [1.807, 2.05) is 63.1 Å². The van der Waals surface area contributed by atoms with Crippen molar-refractivity contribution in [3.05, 3.63) is 113 Å². The first-order valence-corrected chi connectivity index (χ1v) is 17.2. The molecule has 0 heterocycles. The zero-order chi connectivity index (χ0) is 34.1. The van der Waals surface area contributed by atoms with Gasteiger partial charge in [-0.1, -0.05) is 124 Å².